The fourth-order valence-corrected chi connectivity index (χ4v) is 3.36. The highest BCUT2D eigenvalue weighted by molar-refractivity contribution is 8.01. The standard InChI is InChI=1S/C14H17N3OS2.ClH/c1-10-9-19-14(16-10)20-12-5-3-11(4-6-12)17-13(18)7-8-15-2;/h3-6,9,15H,7-8H2,1-2H3,(H,17,18);1H. The zero-order valence-electron chi connectivity index (χ0n) is 11.9. The Bertz CT molecular complexity index is 572. The molecule has 0 aliphatic rings. The first-order chi connectivity index (χ1) is 9.67. The van der Waals surface area contributed by atoms with Gasteiger partial charge in [0.2, 0.25) is 5.91 Å². The topological polar surface area (TPSA) is 54.0 Å². The van der Waals surface area contributed by atoms with Gasteiger partial charge in [0, 0.05) is 34.6 Å². The number of anilines is 1. The number of halogens is 1. The van der Waals surface area contributed by atoms with E-state index in [4.69, 9.17) is 0 Å². The zero-order chi connectivity index (χ0) is 14.4. The summed E-state index contributed by atoms with van der Waals surface area (Å²) in [5, 5.41) is 7.86. The lowest BCUT2D eigenvalue weighted by atomic mass is 10.3. The molecule has 4 nitrogen and oxygen atoms in total. The SMILES string of the molecule is CNCCC(=O)Nc1ccc(Sc2nc(C)cs2)cc1.Cl. The molecule has 1 heterocycles. The van der Waals surface area contributed by atoms with Gasteiger partial charge in [0.15, 0.2) is 4.34 Å². The van der Waals surface area contributed by atoms with Crippen molar-refractivity contribution in [2.45, 2.75) is 22.6 Å². The highest BCUT2D eigenvalue weighted by atomic mass is 35.5. The van der Waals surface area contributed by atoms with Crippen LogP contribution in [0.5, 0.6) is 0 Å². The van der Waals surface area contributed by atoms with Crippen LogP contribution < -0.4 is 10.6 Å². The molecule has 1 amide bonds. The molecule has 0 bridgehead atoms. The second kappa shape index (κ2) is 9.04. The van der Waals surface area contributed by atoms with Gasteiger partial charge in [-0.15, -0.1) is 23.7 Å². The number of hydrogen-bond acceptors (Lipinski definition) is 5. The molecule has 7 heteroatoms. The van der Waals surface area contributed by atoms with Gasteiger partial charge in [0.25, 0.3) is 0 Å². The summed E-state index contributed by atoms with van der Waals surface area (Å²) in [6, 6.07) is 7.82. The first kappa shape index (κ1) is 18.0. The molecule has 2 N–H and O–H groups in total. The smallest absolute Gasteiger partial charge is 0.225 e. The molecule has 1 aromatic heterocycles. The number of benzene rings is 1. The van der Waals surface area contributed by atoms with Crippen molar-refractivity contribution in [1.82, 2.24) is 10.3 Å². The molecule has 2 aromatic rings. The maximum atomic E-state index is 11.6. The second-order valence-corrected chi connectivity index (χ2v) is 6.46. The number of carbonyl (C=O) groups excluding carboxylic acids is 1. The molecule has 0 saturated carbocycles. The van der Waals surface area contributed by atoms with E-state index in [0.29, 0.717) is 13.0 Å². The summed E-state index contributed by atoms with van der Waals surface area (Å²) in [6.45, 7) is 2.67. The van der Waals surface area contributed by atoms with Crippen LogP contribution in [-0.4, -0.2) is 24.5 Å². The van der Waals surface area contributed by atoms with E-state index in [0.717, 1.165) is 20.6 Å². The summed E-state index contributed by atoms with van der Waals surface area (Å²) in [6.07, 6.45) is 0.478. The molecule has 21 heavy (non-hydrogen) atoms. The number of rotatable bonds is 6. The molecule has 114 valence electrons. The van der Waals surface area contributed by atoms with E-state index in [2.05, 4.69) is 15.6 Å². The molecule has 0 atom stereocenters. The van der Waals surface area contributed by atoms with E-state index in [1.54, 1.807) is 23.1 Å². The number of amides is 1. The van der Waals surface area contributed by atoms with Crippen molar-refractivity contribution in [3.05, 3.63) is 35.3 Å². The van der Waals surface area contributed by atoms with Crippen molar-refractivity contribution < 1.29 is 4.79 Å². The number of aromatic nitrogens is 1. The molecule has 2 rings (SSSR count). The Kier molecular flexibility index (Phi) is 7.74. The predicted octanol–water partition coefficient (Wildman–Crippen LogP) is 3.57. The minimum absolute atomic E-state index is 0. The number of thiazole rings is 1. The summed E-state index contributed by atoms with van der Waals surface area (Å²) in [4.78, 5) is 17.1. The molecule has 0 aliphatic heterocycles. The van der Waals surface area contributed by atoms with Gasteiger partial charge in [-0.3, -0.25) is 4.79 Å². The van der Waals surface area contributed by atoms with E-state index in [-0.39, 0.29) is 18.3 Å². The zero-order valence-corrected chi connectivity index (χ0v) is 14.3. The molecule has 0 unspecified atom stereocenters. The molecule has 0 spiro atoms. The van der Waals surface area contributed by atoms with Crippen LogP contribution in [0.3, 0.4) is 0 Å². The Balaban J connectivity index is 0.00000220. The molecular weight excluding hydrogens is 326 g/mol. The number of hydrogen-bond donors (Lipinski definition) is 2. The first-order valence-electron chi connectivity index (χ1n) is 6.32. The maximum absolute atomic E-state index is 11.6. The van der Waals surface area contributed by atoms with Crippen LogP contribution in [0.2, 0.25) is 0 Å². The van der Waals surface area contributed by atoms with Crippen LogP contribution in [0, 0.1) is 6.92 Å². The normalized spacial score (nSPS) is 10.0. The monoisotopic (exact) mass is 343 g/mol. The highest BCUT2D eigenvalue weighted by Crippen LogP contribution is 2.30. The van der Waals surface area contributed by atoms with Crippen LogP contribution in [0.25, 0.3) is 0 Å². The number of nitrogens with zero attached hydrogens (tertiary/aromatic N) is 1. The summed E-state index contributed by atoms with van der Waals surface area (Å²) < 4.78 is 1.04. The Morgan fingerprint density at radius 3 is 2.62 bits per heavy atom. The Morgan fingerprint density at radius 1 is 1.33 bits per heavy atom. The molecular formula is C14H18ClN3OS2. The average Bonchev–Trinajstić information content (AvgIpc) is 2.84. The largest absolute Gasteiger partial charge is 0.326 e. The lowest BCUT2D eigenvalue weighted by Gasteiger charge is -2.05. The van der Waals surface area contributed by atoms with Gasteiger partial charge >= 0.3 is 0 Å². The second-order valence-electron chi connectivity index (χ2n) is 4.28. The molecule has 0 radical (unpaired) electrons. The van der Waals surface area contributed by atoms with Crippen LogP contribution in [-0.2, 0) is 4.79 Å². The minimum atomic E-state index is 0. The summed E-state index contributed by atoms with van der Waals surface area (Å²) in [5.41, 5.74) is 1.87. The van der Waals surface area contributed by atoms with Crippen molar-refractivity contribution >= 4 is 47.1 Å². The third kappa shape index (κ3) is 6.05. The van der Waals surface area contributed by atoms with Crippen molar-refractivity contribution in [1.29, 1.82) is 0 Å². The Hall–Kier alpha value is -1.08. The van der Waals surface area contributed by atoms with E-state index >= 15 is 0 Å². The maximum Gasteiger partial charge on any atom is 0.225 e. The Labute approximate surface area is 139 Å². The third-order valence-electron chi connectivity index (χ3n) is 2.54. The first-order valence-corrected chi connectivity index (χ1v) is 8.01. The summed E-state index contributed by atoms with van der Waals surface area (Å²) in [5.74, 6) is 0.0234. The van der Waals surface area contributed by atoms with Gasteiger partial charge < -0.3 is 10.6 Å². The molecule has 0 aliphatic carbocycles. The average molecular weight is 344 g/mol. The number of nitrogens with one attached hydrogen (secondary N) is 2. The van der Waals surface area contributed by atoms with Gasteiger partial charge in [-0.1, -0.05) is 11.8 Å². The van der Waals surface area contributed by atoms with Gasteiger partial charge in [0.1, 0.15) is 0 Å². The molecule has 0 fully saturated rings. The predicted molar refractivity (Wildman–Crippen MR) is 91.8 cm³/mol. The summed E-state index contributed by atoms with van der Waals surface area (Å²) >= 11 is 3.28. The number of aryl methyl sites for hydroxylation is 1. The van der Waals surface area contributed by atoms with Gasteiger partial charge in [-0.25, -0.2) is 4.98 Å². The quantitative estimate of drug-likeness (QED) is 0.841. The fraction of sp³-hybridized carbons (Fsp3) is 0.286. The molecule has 0 saturated heterocycles. The van der Waals surface area contributed by atoms with Gasteiger partial charge in [-0.2, -0.15) is 0 Å². The van der Waals surface area contributed by atoms with Crippen LogP contribution >= 0.6 is 35.5 Å². The van der Waals surface area contributed by atoms with Crippen molar-refractivity contribution in [2.75, 3.05) is 18.9 Å². The lowest BCUT2D eigenvalue weighted by molar-refractivity contribution is -0.116. The van der Waals surface area contributed by atoms with E-state index in [1.165, 1.54) is 0 Å². The van der Waals surface area contributed by atoms with E-state index in [1.807, 2.05) is 43.6 Å². The van der Waals surface area contributed by atoms with Gasteiger partial charge in [0.05, 0.1) is 0 Å². The van der Waals surface area contributed by atoms with Crippen LogP contribution in [0.15, 0.2) is 38.9 Å². The fourth-order valence-electron chi connectivity index (χ4n) is 1.55. The highest BCUT2D eigenvalue weighted by Gasteiger charge is 2.04. The minimum Gasteiger partial charge on any atom is -0.326 e. The Morgan fingerprint density at radius 2 is 2.05 bits per heavy atom. The van der Waals surface area contributed by atoms with Crippen LogP contribution in [0.4, 0.5) is 5.69 Å². The molecule has 1 aromatic carbocycles. The van der Waals surface area contributed by atoms with Crippen molar-refractivity contribution in [3.63, 3.8) is 0 Å². The number of carbonyl (C=O) groups is 1. The van der Waals surface area contributed by atoms with E-state index in [9.17, 15) is 4.79 Å². The van der Waals surface area contributed by atoms with Gasteiger partial charge in [-0.05, 0) is 38.2 Å². The van der Waals surface area contributed by atoms with Crippen molar-refractivity contribution in [2.24, 2.45) is 0 Å². The summed E-state index contributed by atoms with van der Waals surface area (Å²) in [7, 11) is 1.83. The third-order valence-corrected chi connectivity index (χ3v) is 4.61. The van der Waals surface area contributed by atoms with Crippen molar-refractivity contribution in [3.8, 4) is 0 Å². The van der Waals surface area contributed by atoms with E-state index < -0.39 is 0 Å². The van der Waals surface area contributed by atoms with Crippen LogP contribution in [0.1, 0.15) is 12.1 Å². The lowest BCUT2D eigenvalue weighted by Crippen LogP contribution is -2.18.